The lowest BCUT2D eigenvalue weighted by atomic mass is 9.87. The lowest BCUT2D eigenvalue weighted by Gasteiger charge is -2.20. The Morgan fingerprint density at radius 3 is 2.50 bits per heavy atom. The van der Waals surface area contributed by atoms with Crippen LogP contribution in [0.5, 0.6) is 5.75 Å². The summed E-state index contributed by atoms with van der Waals surface area (Å²) in [5.74, 6) is -0.747. The molecule has 3 rings (SSSR count). The van der Waals surface area contributed by atoms with Crippen LogP contribution in [0.1, 0.15) is 42.5 Å². The molecule has 0 aliphatic rings. The fourth-order valence-corrected chi connectivity index (χ4v) is 2.67. The molecule has 0 unspecified atom stereocenters. The van der Waals surface area contributed by atoms with Crippen LogP contribution >= 0.6 is 0 Å². The Hall–Kier alpha value is -3.08. The van der Waals surface area contributed by atoms with Crippen LogP contribution in [0.15, 0.2) is 51.7 Å². The molecule has 0 saturated heterocycles. The molecule has 1 heterocycles. The lowest BCUT2D eigenvalue weighted by Crippen LogP contribution is -2.16. The molecule has 0 fully saturated rings. The molecule has 2 N–H and O–H groups in total. The van der Waals surface area contributed by atoms with E-state index in [4.69, 9.17) is 4.42 Å². The van der Waals surface area contributed by atoms with Crippen LogP contribution in [0.2, 0.25) is 0 Å². The highest BCUT2D eigenvalue weighted by molar-refractivity contribution is 6.03. The molecule has 1 aromatic heterocycles. The Morgan fingerprint density at radius 2 is 1.81 bits per heavy atom. The molecule has 5 nitrogen and oxygen atoms in total. The Kier molecular flexibility index (Phi) is 4.32. The monoisotopic (exact) mass is 351 g/mol. The van der Waals surface area contributed by atoms with Gasteiger partial charge in [-0.25, -0.2) is 0 Å². The van der Waals surface area contributed by atoms with Gasteiger partial charge in [-0.2, -0.15) is 0 Å². The first-order chi connectivity index (χ1) is 12.1. The van der Waals surface area contributed by atoms with Gasteiger partial charge in [-0.05, 0) is 42.2 Å². The maximum absolute atomic E-state index is 12.5. The molecule has 0 aliphatic heterocycles. The van der Waals surface area contributed by atoms with Gasteiger partial charge in [-0.1, -0.05) is 38.5 Å². The van der Waals surface area contributed by atoms with Gasteiger partial charge in [0.25, 0.3) is 5.91 Å². The summed E-state index contributed by atoms with van der Waals surface area (Å²) in [6.45, 7) is 7.99. The maximum Gasteiger partial charge on any atom is 0.291 e. The number of phenols is 1. The first kappa shape index (κ1) is 17.7. The summed E-state index contributed by atoms with van der Waals surface area (Å²) in [5.41, 5.74) is 2.09. The molecule has 0 bridgehead atoms. The number of aryl methyl sites for hydroxylation is 1. The third-order valence-electron chi connectivity index (χ3n) is 4.22. The van der Waals surface area contributed by atoms with E-state index < -0.39 is 5.91 Å². The summed E-state index contributed by atoms with van der Waals surface area (Å²) in [5, 5.41) is 13.1. The second kappa shape index (κ2) is 6.33. The van der Waals surface area contributed by atoms with Crippen molar-refractivity contribution in [2.24, 2.45) is 0 Å². The van der Waals surface area contributed by atoms with Crippen molar-refractivity contribution >= 4 is 22.6 Å². The average Bonchev–Trinajstić information content (AvgIpc) is 2.56. The van der Waals surface area contributed by atoms with E-state index >= 15 is 0 Å². The molecule has 1 amide bonds. The zero-order valence-corrected chi connectivity index (χ0v) is 15.2. The Balaban J connectivity index is 1.97. The average molecular weight is 351 g/mol. The van der Waals surface area contributed by atoms with E-state index in [1.54, 1.807) is 18.2 Å². The molecule has 26 heavy (non-hydrogen) atoms. The van der Waals surface area contributed by atoms with Gasteiger partial charge in [0.05, 0.1) is 11.1 Å². The summed E-state index contributed by atoms with van der Waals surface area (Å²) in [6, 6.07) is 11.4. The van der Waals surface area contributed by atoms with Crippen molar-refractivity contribution in [1.29, 1.82) is 0 Å². The minimum absolute atomic E-state index is 0.0508. The van der Waals surface area contributed by atoms with Crippen molar-refractivity contribution in [3.05, 3.63) is 69.6 Å². The number of rotatable bonds is 2. The van der Waals surface area contributed by atoms with Crippen LogP contribution < -0.4 is 10.7 Å². The van der Waals surface area contributed by atoms with E-state index in [0.29, 0.717) is 11.0 Å². The summed E-state index contributed by atoms with van der Waals surface area (Å²) >= 11 is 0. The normalized spacial score (nSPS) is 11.5. The number of fused-ring (bicyclic) bond motifs is 1. The van der Waals surface area contributed by atoms with Gasteiger partial charge in [0.15, 0.2) is 11.2 Å². The number of anilines is 1. The highest BCUT2D eigenvalue weighted by atomic mass is 16.3. The predicted molar refractivity (Wildman–Crippen MR) is 102 cm³/mol. The van der Waals surface area contributed by atoms with Crippen molar-refractivity contribution in [3.8, 4) is 5.75 Å². The van der Waals surface area contributed by atoms with Gasteiger partial charge in [0, 0.05) is 6.07 Å². The van der Waals surface area contributed by atoms with E-state index in [9.17, 15) is 14.7 Å². The number of amides is 1. The van der Waals surface area contributed by atoms with Crippen LogP contribution in [0, 0.1) is 6.92 Å². The van der Waals surface area contributed by atoms with E-state index in [2.05, 4.69) is 5.32 Å². The summed E-state index contributed by atoms with van der Waals surface area (Å²) < 4.78 is 5.58. The Labute approximate surface area is 151 Å². The lowest BCUT2D eigenvalue weighted by molar-refractivity contribution is 0.0996. The topological polar surface area (TPSA) is 79.5 Å². The predicted octanol–water partition coefficient (Wildman–Crippen LogP) is 4.36. The molecule has 5 heteroatoms. The van der Waals surface area contributed by atoms with E-state index in [1.807, 2.05) is 39.8 Å². The maximum atomic E-state index is 12.5. The van der Waals surface area contributed by atoms with E-state index in [0.717, 1.165) is 11.1 Å². The second-order valence-electron chi connectivity index (χ2n) is 7.41. The fourth-order valence-electron chi connectivity index (χ4n) is 2.67. The van der Waals surface area contributed by atoms with Crippen molar-refractivity contribution < 1.29 is 14.3 Å². The van der Waals surface area contributed by atoms with Crippen LogP contribution in [0.4, 0.5) is 5.69 Å². The van der Waals surface area contributed by atoms with Crippen molar-refractivity contribution in [2.75, 3.05) is 5.32 Å². The molecule has 0 saturated carbocycles. The van der Waals surface area contributed by atoms with Crippen molar-refractivity contribution in [2.45, 2.75) is 33.1 Å². The number of hydrogen-bond acceptors (Lipinski definition) is 4. The molecular formula is C21H21NO4. The fraction of sp³-hybridized carbons (Fsp3) is 0.238. The van der Waals surface area contributed by atoms with Crippen LogP contribution in [0.25, 0.3) is 11.0 Å². The quantitative estimate of drug-likeness (QED) is 0.673. The molecule has 3 aromatic rings. The highest BCUT2D eigenvalue weighted by Crippen LogP contribution is 2.31. The van der Waals surface area contributed by atoms with Gasteiger partial charge in [0.1, 0.15) is 11.3 Å². The number of carbonyl (C=O) groups is 1. The zero-order chi connectivity index (χ0) is 19.1. The third kappa shape index (κ3) is 3.47. The van der Waals surface area contributed by atoms with Gasteiger partial charge in [-0.15, -0.1) is 0 Å². The first-order valence-electron chi connectivity index (χ1n) is 8.34. The van der Waals surface area contributed by atoms with Gasteiger partial charge in [0.2, 0.25) is 0 Å². The SMILES string of the molecule is Cc1ccc2oc(C(=O)Nc3cc(C(C)(C)C)ccc3O)cc(=O)c2c1. The van der Waals surface area contributed by atoms with Crippen molar-refractivity contribution in [3.63, 3.8) is 0 Å². The summed E-state index contributed by atoms with van der Waals surface area (Å²) in [7, 11) is 0. The third-order valence-corrected chi connectivity index (χ3v) is 4.22. The van der Waals surface area contributed by atoms with Gasteiger partial charge in [-0.3, -0.25) is 9.59 Å². The molecule has 134 valence electrons. The molecule has 0 aliphatic carbocycles. The number of nitrogens with one attached hydrogen (secondary N) is 1. The van der Waals surface area contributed by atoms with Gasteiger partial charge >= 0.3 is 0 Å². The second-order valence-corrected chi connectivity index (χ2v) is 7.41. The summed E-state index contributed by atoms with van der Waals surface area (Å²) in [4.78, 5) is 24.8. The van der Waals surface area contributed by atoms with E-state index in [1.165, 1.54) is 12.1 Å². The molecular weight excluding hydrogens is 330 g/mol. The standard InChI is InChI=1S/C21H21NO4/c1-12-5-8-18-14(9-12)17(24)11-19(26-18)20(25)22-15-10-13(21(2,3)4)6-7-16(15)23/h5-11,23H,1-4H3,(H,22,25). The minimum Gasteiger partial charge on any atom is -0.506 e. The minimum atomic E-state index is -0.592. The number of phenolic OH excluding ortho intramolecular Hbond substituents is 1. The molecule has 0 atom stereocenters. The molecule has 2 aromatic carbocycles. The van der Waals surface area contributed by atoms with Crippen LogP contribution in [-0.2, 0) is 5.41 Å². The number of benzene rings is 2. The number of carbonyl (C=O) groups excluding carboxylic acids is 1. The molecule has 0 radical (unpaired) electrons. The number of aromatic hydroxyl groups is 1. The highest BCUT2D eigenvalue weighted by Gasteiger charge is 2.18. The number of hydrogen-bond donors (Lipinski definition) is 2. The molecule has 0 spiro atoms. The summed E-state index contributed by atoms with van der Waals surface area (Å²) in [6.07, 6.45) is 0. The Bertz CT molecular complexity index is 1060. The van der Waals surface area contributed by atoms with Crippen LogP contribution in [-0.4, -0.2) is 11.0 Å². The Morgan fingerprint density at radius 1 is 1.08 bits per heavy atom. The first-order valence-corrected chi connectivity index (χ1v) is 8.34. The smallest absolute Gasteiger partial charge is 0.291 e. The van der Waals surface area contributed by atoms with E-state index in [-0.39, 0.29) is 28.0 Å². The van der Waals surface area contributed by atoms with Gasteiger partial charge < -0.3 is 14.8 Å². The zero-order valence-electron chi connectivity index (χ0n) is 15.2. The van der Waals surface area contributed by atoms with Crippen LogP contribution in [0.3, 0.4) is 0 Å². The van der Waals surface area contributed by atoms with Crippen molar-refractivity contribution in [1.82, 2.24) is 0 Å². The largest absolute Gasteiger partial charge is 0.506 e.